The zero-order valence-corrected chi connectivity index (χ0v) is 35.1. The summed E-state index contributed by atoms with van der Waals surface area (Å²) in [6, 6.07) is 37.6. The van der Waals surface area contributed by atoms with Crippen LogP contribution in [0.4, 0.5) is 0 Å². The SMILES string of the molecule is CCc1[cH-]c2cccc(-c3ccc(C(C)(C)C)cc3)c2c1[Si](C)(C)c1c(CC)[cH-]c2cccc(-c3ccc(C(C)(C)C)cc3)c12.[CH3-].[CH3-].[Zr+4]. The maximum absolute atomic E-state index is 2.62. The number of hydrogen-bond donors (Lipinski definition) is 0. The van der Waals surface area contributed by atoms with Gasteiger partial charge in [0.25, 0.3) is 0 Å². The Morgan fingerprint density at radius 1 is 0.521 bits per heavy atom. The van der Waals surface area contributed by atoms with Crippen LogP contribution in [0.3, 0.4) is 0 Å². The summed E-state index contributed by atoms with van der Waals surface area (Å²) >= 11 is 0. The average Bonchev–Trinajstić information content (AvgIpc) is 3.60. The predicted octanol–water partition coefficient (Wildman–Crippen LogP) is 12.2. The Kier molecular flexibility index (Phi) is 12.0. The first-order valence-electron chi connectivity index (χ1n) is 16.9. The Bertz CT molecular complexity index is 1840. The molecular formula is C46H56SiZr. The van der Waals surface area contributed by atoms with Crippen molar-refractivity contribution in [2.75, 3.05) is 0 Å². The van der Waals surface area contributed by atoms with Gasteiger partial charge < -0.3 is 14.9 Å². The quantitative estimate of drug-likeness (QED) is 0.118. The van der Waals surface area contributed by atoms with Crippen LogP contribution in [0.2, 0.25) is 13.1 Å². The van der Waals surface area contributed by atoms with Crippen molar-refractivity contribution in [3.05, 3.63) is 134 Å². The zero-order valence-electron chi connectivity index (χ0n) is 31.7. The van der Waals surface area contributed by atoms with Crippen LogP contribution in [0.5, 0.6) is 0 Å². The van der Waals surface area contributed by atoms with E-state index in [9.17, 15) is 0 Å². The summed E-state index contributed by atoms with van der Waals surface area (Å²) in [5.41, 5.74) is 11.4. The minimum absolute atomic E-state index is 0. The summed E-state index contributed by atoms with van der Waals surface area (Å²) in [4.78, 5) is 0. The van der Waals surface area contributed by atoms with E-state index < -0.39 is 8.07 Å². The molecule has 0 fully saturated rings. The van der Waals surface area contributed by atoms with Crippen molar-refractivity contribution in [2.24, 2.45) is 0 Å². The molecule has 0 saturated carbocycles. The van der Waals surface area contributed by atoms with Gasteiger partial charge in [-0.2, -0.15) is 10.4 Å². The van der Waals surface area contributed by atoms with E-state index in [4.69, 9.17) is 0 Å². The van der Waals surface area contributed by atoms with E-state index in [0.29, 0.717) is 0 Å². The van der Waals surface area contributed by atoms with Gasteiger partial charge in [0.1, 0.15) is 0 Å². The molecule has 6 rings (SSSR count). The second-order valence-corrected chi connectivity index (χ2v) is 19.9. The fraction of sp³-hybridized carbons (Fsp3) is 0.304. The van der Waals surface area contributed by atoms with Crippen LogP contribution in [0.15, 0.2) is 97.1 Å². The summed E-state index contributed by atoms with van der Waals surface area (Å²) in [6.45, 7) is 23.7. The van der Waals surface area contributed by atoms with E-state index >= 15 is 0 Å². The molecule has 6 aromatic carbocycles. The third kappa shape index (κ3) is 6.95. The molecule has 248 valence electrons. The number of hydrogen-bond acceptors (Lipinski definition) is 0. The molecule has 0 aliphatic rings. The van der Waals surface area contributed by atoms with Crippen molar-refractivity contribution in [1.29, 1.82) is 0 Å². The summed E-state index contributed by atoms with van der Waals surface area (Å²) in [5, 5.41) is 8.94. The molecule has 0 saturated heterocycles. The van der Waals surface area contributed by atoms with Gasteiger partial charge in [-0.3, -0.25) is 0 Å². The Balaban J connectivity index is 0.00000208. The first-order chi connectivity index (χ1) is 21.3. The molecule has 0 N–H and O–H groups in total. The van der Waals surface area contributed by atoms with Gasteiger partial charge in [0, 0.05) is 8.07 Å². The molecule has 0 aliphatic heterocycles. The van der Waals surface area contributed by atoms with Gasteiger partial charge in [0.2, 0.25) is 0 Å². The summed E-state index contributed by atoms with van der Waals surface area (Å²) in [6.07, 6.45) is 2.09. The average molecular weight is 728 g/mol. The predicted molar refractivity (Wildman–Crippen MR) is 216 cm³/mol. The summed E-state index contributed by atoms with van der Waals surface area (Å²) in [5.74, 6) is 0. The van der Waals surface area contributed by atoms with Crippen molar-refractivity contribution in [3.8, 4) is 22.3 Å². The topological polar surface area (TPSA) is 0 Å². The third-order valence-electron chi connectivity index (χ3n) is 10.1. The molecule has 0 atom stereocenters. The largest absolute Gasteiger partial charge is 4.00 e. The van der Waals surface area contributed by atoms with Gasteiger partial charge in [0.15, 0.2) is 0 Å². The first kappa shape index (κ1) is 39.6. The van der Waals surface area contributed by atoms with E-state index in [0.717, 1.165) is 12.8 Å². The van der Waals surface area contributed by atoms with Gasteiger partial charge in [-0.1, -0.05) is 140 Å². The van der Waals surface area contributed by atoms with E-state index in [2.05, 4.69) is 166 Å². The Labute approximate surface area is 312 Å². The fourth-order valence-corrected chi connectivity index (χ4v) is 11.8. The van der Waals surface area contributed by atoms with Crippen LogP contribution >= 0.6 is 0 Å². The van der Waals surface area contributed by atoms with Crippen molar-refractivity contribution in [3.63, 3.8) is 0 Å². The van der Waals surface area contributed by atoms with Crippen molar-refractivity contribution >= 4 is 40.0 Å². The van der Waals surface area contributed by atoms with Gasteiger partial charge in [-0.05, 0) is 45.9 Å². The molecular weight excluding hydrogens is 672 g/mol. The second-order valence-electron chi connectivity index (χ2n) is 15.6. The summed E-state index contributed by atoms with van der Waals surface area (Å²) in [7, 11) is -2.22. The molecule has 0 aromatic heterocycles. The minimum atomic E-state index is -2.22. The normalized spacial score (nSPS) is 12.0. The molecule has 0 heterocycles. The molecule has 0 unspecified atom stereocenters. The molecule has 0 radical (unpaired) electrons. The molecule has 0 bridgehead atoms. The third-order valence-corrected chi connectivity index (χ3v) is 13.8. The molecule has 0 spiro atoms. The zero-order chi connectivity index (χ0) is 32.3. The number of rotatable bonds is 6. The molecule has 0 nitrogen and oxygen atoms in total. The van der Waals surface area contributed by atoms with E-state index in [-0.39, 0.29) is 51.9 Å². The molecule has 0 aliphatic carbocycles. The number of fused-ring (bicyclic) bond motifs is 2. The van der Waals surface area contributed by atoms with Crippen molar-refractivity contribution in [2.45, 2.75) is 92.2 Å². The van der Waals surface area contributed by atoms with Gasteiger partial charge in [0.05, 0.1) is 0 Å². The summed E-state index contributed by atoms with van der Waals surface area (Å²) < 4.78 is 0. The van der Waals surface area contributed by atoms with Crippen LogP contribution in [0, 0.1) is 14.9 Å². The van der Waals surface area contributed by atoms with Crippen LogP contribution in [-0.2, 0) is 49.9 Å². The second kappa shape index (κ2) is 14.6. The standard InChI is InChI=1S/C44H50Si.2CH3.Zr/c1-11-29-27-33-15-13-17-37(31-19-23-35(24-20-31)43(3,4)5)39(33)41(29)45(9,10)42-30(12-2)28-34-16-14-18-38(40(34)42)32-21-25-36(26-22-32)44(6,7)8;;;/h13-28H,11-12H2,1-10H3;2*1H3;/q-2;2*-1;+4. The fourth-order valence-electron chi connectivity index (χ4n) is 7.67. The maximum atomic E-state index is 2.62. The minimum Gasteiger partial charge on any atom is -0.358 e. The molecule has 2 heteroatoms. The van der Waals surface area contributed by atoms with E-state index in [1.54, 1.807) is 10.4 Å². The number of benzene rings is 4. The first-order valence-corrected chi connectivity index (χ1v) is 19.9. The van der Waals surface area contributed by atoms with E-state index in [1.807, 2.05) is 0 Å². The van der Waals surface area contributed by atoms with Gasteiger partial charge in [-0.25, -0.2) is 0 Å². The molecule has 0 amide bonds. The van der Waals surface area contributed by atoms with Crippen LogP contribution in [0.25, 0.3) is 43.8 Å². The van der Waals surface area contributed by atoms with Gasteiger partial charge >= 0.3 is 26.2 Å². The Hall–Kier alpha value is -2.80. The maximum Gasteiger partial charge on any atom is 4.00 e. The molecule has 6 aromatic rings. The van der Waals surface area contributed by atoms with Crippen molar-refractivity contribution in [1.82, 2.24) is 0 Å². The van der Waals surface area contributed by atoms with Gasteiger partial charge in [-0.15, -0.1) is 69.1 Å². The van der Waals surface area contributed by atoms with Crippen LogP contribution in [-0.4, -0.2) is 8.07 Å². The Morgan fingerprint density at radius 3 is 1.15 bits per heavy atom. The van der Waals surface area contributed by atoms with Crippen LogP contribution in [0.1, 0.15) is 77.6 Å². The smallest absolute Gasteiger partial charge is 0.358 e. The van der Waals surface area contributed by atoms with Crippen LogP contribution < -0.4 is 10.4 Å². The van der Waals surface area contributed by atoms with Crippen molar-refractivity contribution < 1.29 is 26.2 Å². The molecule has 48 heavy (non-hydrogen) atoms. The monoisotopic (exact) mass is 726 g/mol. The van der Waals surface area contributed by atoms with E-state index in [1.165, 1.54) is 66.1 Å². The Morgan fingerprint density at radius 2 is 0.854 bits per heavy atom. The number of aryl methyl sites for hydroxylation is 2.